The number of hydrogen-bond acceptors (Lipinski definition) is 5. The van der Waals surface area contributed by atoms with E-state index in [2.05, 4.69) is 76.4 Å². The number of rotatable bonds is 3. The summed E-state index contributed by atoms with van der Waals surface area (Å²) in [6.07, 6.45) is 1.69. The van der Waals surface area contributed by atoms with Crippen LogP contribution in [0, 0.1) is 0 Å². The molecule has 6 heteroatoms. The van der Waals surface area contributed by atoms with Crippen LogP contribution in [0.3, 0.4) is 0 Å². The smallest absolute Gasteiger partial charge is 0.238 e. The fourth-order valence-electron chi connectivity index (χ4n) is 1.63. The third-order valence-electron chi connectivity index (χ3n) is 2.78. The van der Waals surface area contributed by atoms with Crippen molar-refractivity contribution in [2.45, 2.75) is 36.1 Å². The van der Waals surface area contributed by atoms with E-state index < -0.39 is 0 Å². The zero-order valence-corrected chi connectivity index (χ0v) is 14.0. The molecule has 0 fully saturated rings. The molecule has 0 saturated heterocycles. The Bertz CT molecular complexity index is 593. The zero-order chi connectivity index (χ0) is 14.8. The van der Waals surface area contributed by atoms with Gasteiger partial charge in [0.25, 0.3) is 0 Å². The van der Waals surface area contributed by atoms with Gasteiger partial charge in [-0.1, -0.05) is 44.7 Å². The van der Waals surface area contributed by atoms with Crippen LogP contribution in [0.5, 0.6) is 0 Å². The normalized spacial score (nSPS) is 11.4. The molecule has 0 aliphatic rings. The van der Waals surface area contributed by atoms with Crippen molar-refractivity contribution >= 4 is 33.6 Å². The summed E-state index contributed by atoms with van der Waals surface area (Å²) in [7, 11) is 0. The molecule has 2 rings (SSSR count). The molecule has 0 bridgehead atoms. The van der Waals surface area contributed by atoms with Crippen LogP contribution in [-0.4, -0.2) is 9.97 Å². The van der Waals surface area contributed by atoms with Crippen LogP contribution in [-0.2, 0) is 5.41 Å². The zero-order valence-electron chi connectivity index (χ0n) is 11.6. The van der Waals surface area contributed by atoms with Gasteiger partial charge in [0.1, 0.15) is 5.03 Å². The Kier molecular flexibility index (Phi) is 4.67. The standard InChI is InChI=1S/C14H17BrN4S/c1-14(2,3)9-4-6-10(7-5-9)20-12-11(15)8-17-13(18-12)19-16/h4-8H,16H2,1-3H3,(H,17,18,19). The maximum Gasteiger partial charge on any atom is 0.238 e. The summed E-state index contributed by atoms with van der Waals surface area (Å²) in [5.41, 5.74) is 3.93. The number of hydrazine groups is 1. The summed E-state index contributed by atoms with van der Waals surface area (Å²) in [6, 6.07) is 8.52. The lowest BCUT2D eigenvalue weighted by atomic mass is 9.87. The van der Waals surface area contributed by atoms with Gasteiger partial charge in [-0.2, -0.15) is 0 Å². The van der Waals surface area contributed by atoms with Gasteiger partial charge in [0.2, 0.25) is 5.95 Å². The maximum absolute atomic E-state index is 5.33. The van der Waals surface area contributed by atoms with Gasteiger partial charge in [-0.15, -0.1) is 0 Å². The molecule has 3 N–H and O–H groups in total. The van der Waals surface area contributed by atoms with Gasteiger partial charge >= 0.3 is 0 Å². The molecule has 0 atom stereocenters. The molecule has 0 spiro atoms. The van der Waals surface area contributed by atoms with Gasteiger partial charge in [0.15, 0.2) is 0 Å². The molecule has 1 aromatic heterocycles. The Morgan fingerprint density at radius 1 is 1.20 bits per heavy atom. The summed E-state index contributed by atoms with van der Waals surface area (Å²) in [6.45, 7) is 6.61. The molecule has 0 amide bonds. The predicted molar refractivity (Wildman–Crippen MR) is 86.8 cm³/mol. The first-order chi connectivity index (χ1) is 9.40. The highest BCUT2D eigenvalue weighted by Crippen LogP contribution is 2.33. The molecular weight excluding hydrogens is 336 g/mol. The lowest BCUT2D eigenvalue weighted by molar-refractivity contribution is 0.590. The second kappa shape index (κ2) is 6.11. The van der Waals surface area contributed by atoms with E-state index in [9.17, 15) is 0 Å². The Labute approximate surface area is 131 Å². The molecular formula is C14H17BrN4S. The number of aromatic nitrogens is 2. The van der Waals surface area contributed by atoms with Crippen molar-refractivity contribution in [3.63, 3.8) is 0 Å². The summed E-state index contributed by atoms with van der Waals surface area (Å²) in [5.74, 6) is 5.73. The molecule has 1 aromatic carbocycles. The molecule has 2 aromatic rings. The van der Waals surface area contributed by atoms with E-state index in [-0.39, 0.29) is 5.41 Å². The molecule has 106 valence electrons. The third kappa shape index (κ3) is 3.71. The summed E-state index contributed by atoms with van der Waals surface area (Å²) >= 11 is 5.02. The van der Waals surface area contributed by atoms with E-state index in [1.54, 1.807) is 18.0 Å². The fraction of sp³-hybridized carbons (Fsp3) is 0.286. The number of halogens is 1. The summed E-state index contributed by atoms with van der Waals surface area (Å²) in [4.78, 5) is 9.49. The largest absolute Gasteiger partial charge is 0.292 e. The average Bonchev–Trinajstić information content (AvgIpc) is 2.41. The minimum atomic E-state index is 0.162. The SMILES string of the molecule is CC(C)(C)c1ccc(Sc2nc(NN)ncc2Br)cc1. The minimum Gasteiger partial charge on any atom is -0.292 e. The van der Waals surface area contributed by atoms with Crippen molar-refractivity contribution in [2.75, 3.05) is 5.43 Å². The number of anilines is 1. The molecule has 0 aliphatic heterocycles. The van der Waals surface area contributed by atoms with Gasteiger partial charge < -0.3 is 0 Å². The molecule has 20 heavy (non-hydrogen) atoms. The van der Waals surface area contributed by atoms with E-state index in [0.717, 1.165) is 14.4 Å². The van der Waals surface area contributed by atoms with Crippen LogP contribution in [0.1, 0.15) is 26.3 Å². The first-order valence-electron chi connectivity index (χ1n) is 6.17. The van der Waals surface area contributed by atoms with Crippen LogP contribution in [0.15, 0.2) is 44.9 Å². The first-order valence-corrected chi connectivity index (χ1v) is 7.78. The highest BCUT2D eigenvalue weighted by molar-refractivity contribution is 9.10. The van der Waals surface area contributed by atoms with Crippen molar-refractivity contribution < 1.29 is 0 Å². The molecule has 0 aliphatic carbocycles. The number of nitrogens with zero attached hydrogens (tertiary/aromatic N) is 2. The Morgan fingerprint density at radius 3 is 2.40 bits per heavy atom. The van der Waals surface area contributed by atoms with Gasteiger partial charge in [-0.25, -0.2) is 15.8 Å². The molecule has 0 saturated carbocycles. The Balaban J connectivity index is 2.22. The highest BCUT2D eigenvalue weighted by atomic mass is 79.9. The number of nitrogen functional groups attached to an aromatic ring is 1. The number of hydrogen-bond donors (Lipinski definition) is 2. The number of nitrogens with two attached hydrogens (primary N) is 1. The van der Waals surface area contributed by atoms with Crippen molar-refractivity contribution in [3.8, 4) is 0 Å². The van der Waals surface area contributed by atoms with Gasteiger partial charge in [0.05, 0.1) is 4.47 Å². The third-order valence-corrected chi connectivity index (χ3v) is 4.63. The molecule has 4 nitrogen and oxygen atoms in total. The summed E-state index contributed by atoms with van der Waals surface area (Å²) in [5, 5.41) is 0.830. The van der Waals surface area contributed by atoms with E-state index in [1.807, 2.05) is 0 Å². The molecule has 0 unspecified atom stereocenters. The van der Waals surface area contributed by atoms with Crippen molar-refractivity contribution in [3.05, 3.63) is 40.5 Å². The fourth-order valence-corrected chi connectivity index (χ4v) is 2.84. The van der Waals surface area contributed by atoms with Crippen molar-refractivity contribution in [1.29, 1.82) is 0 Å². The Hall–Kier alpha value is -1.11. The van der Waals surface area contributed by atoms with E-state index in [1.165, 1.54) is 5.56 Å². The highest BCUT2D eigenvalue weighted by Gasteiger charge is 2.13. The average molecular weight is 353 g/mol. The lowest BCUT2D eigenvalue weighted by Gasteiger charge is -2.19. The molecule has 1 heterocycles. The van der Waals surface area contributed by atoms with Crippen LogP contribution in [0.2, 0.25) is 0 Å². The monoisotopic (exact) mass is 352 g/mol. The number of nitrogens with one attached hydrogen (secondary N) is 1. The van der Waals surface area contributed by atoms with Gasteiger partial charge in [-0.05, 0) is 39.0 Å². The predicted octanol–water partition coefficient (Wildman–Crippen LogP) is 3.97. The number of benzene rings is 1. The van der Waals surface area contributed by atoms with Crippen LogP contribution in [0.4, 0.5) is 5.95 Å². The lowest BCUT2D eigenvalue weighted by Crippen LogP contribution is -2.10. The summed E-state index contributed by atoms with van der Waals surface area (Å²) < 4.78 is 0.849. The van der Waals surface area contributed by atoms with Crippen LogP contribution < -0.4 is 11.3 Å². The van der Waals surface area contributed by atoms with Crippen molar-refractivity contribution in [2.24, 2.45) is 5.84 Å². The minimum absolute atomic E-state index is 0.162. The van der Waals surface area contributed by atoms with E-state index in [4.69, 9.17) is 5.84 Å². The Morgan fingerprint density at radius 2 is 1.85 bits per heavy atom. The second-order valence-corrected chi connectivity index (χ2v) is 7.28. The van der Waals surface area contributed by atoms with Gasteiger partial charge in [0, 0.05) is 11.1 Å². The maximum atomic E-state index is 5.33. The van der Waals surface area contributed by atoms with E-state index in [0.29, 0.717) is 5.95 Å². The van der Waals surface area contributed by atoms with E-state index >= 15 is 0 Å². The first kappa shape index (κ1) is 15.3. The van der Waals surface area contributed by atoms with Gasteiger partial charge in [-0.3, -0.25) is 5.43 Å². The molecule has 0 radical (unpaired) electrons. The van der Waals surface area contributed by atoms with Crippen LogP contribution >= 0.6 is 27.7 Å². The van der Waals surface area contributed by atoms with Crippen LogP contribution in [0.25, 0.3) is 0 Å². The topological polar surface area (TPSA) is 63.8 Å². The van der Waals surface area contributed by atoms with Crippen molar-refractivity contribution in [1.82, 2.24) is 9.97 Å². The quantitative estimate of drug-likeness (QED) is 0.497. The second-order valence-electron chi connectivity index (χ2n) is 5.37.